The minimum Gasteiger partial charge on any atom is -0.378 e. The molecule has 0 bridgehead atoms. The first-order valence-corrected chi connectivity index (χ1v) is 9.42. The zero-order chi connectivity index (χ0) is 17.3. The van der Waals surface area contributed by atoms with Crippen LogP contribution in [0.1, 0.15) is 0 Å². The average molecular weight is 363 g/mol. The zero-order valence-corrected chi connectivity index (χ0v) is 14.9. The molecule has 7 heteroatoms. The standard InChI is InChI=1S/C19H17N5OS/c1-3-14(24-5-7-25-8-6-24)4-2-13(1)16-9-15-18(17-10-20-12-26-17)21-11-22-19(15)23-16/h1-4,9-12H,5-8H2,(H,21,22,23). The summed E-state index contributed by atoms with van der Waals surface area (Å²) in [7, 11) is 0. The number of morpholine rings is 1. The van der Waals surface area contributed by atoms with E-state index in [4.69, 9.17) is 4.74 Å². The van der Waals surface area contributed by atoms with Gasteiger partial charge in [0.05, 0.1) is 29.3 Å². The Morgan fingerprint density at radius 1 is 1.08 bits per heavy atom. The van der Waals surface area contributed by atoms with E-state index in [1.54, 1.807) is 17.7 Å². The molecule has 1 aliphatic heterocycles. The number of fused-ring (bicyclic) bond motifs is 1. The fraction of sp³-hybridized carbons (Fsp3) is 0.211. The van der Waals surface area contributed by atoms with Crippen molar-refractivity contribution in [3.8, 4) is 21.8 Å². The zero-order valence-electron chi connectivity index (χ0n) is 14.1. The van der Waals surface area contributed by atoms with Gasteiger partial charge in [-0.15, -0.1) is 11.3 Å². The maximum Gasteiger partial charge on any atom is 0.141 e. The number of aromatic nitrogens is 4. The molecule has 4 aromatic rings. The van der Waals surface area contributed by atoms with Crippen LogP contribution in [0.4, 0.5) is 5.69 Å². The van der Waals surface area contributed by atoms with Crippen molar-refractivity contribution in [1.29, 1.82) is 0 Å². The summed E-state index contributed by atoms with van der Waals surface area (Å²) in [6.45, 7) is 3.48. The third-order valence-electron chi connectivity index (χ3n) is 4.65. The van der Waals surface area contributed by atoms with Crippen molar-refractivity contribution >= 4 is 28.1 Å². The third kappa shape index (κ3) is 2.75. The van der Waals surface area contributed by atoms with E-state index in [2.05, 4.69) is 55.2 Å². The van der Waals surface area contributed by atoms with Crippen molar-refractivity contribution < 1.29 is 4.74 Å². The molecule has 6 nitrogen and oxygen atoms in total. The molecule has 0 amide bonds. The molecule has 0 unspecified atom stereocenters. The second-order valence-corrected chi connectivity index (χ2v) is 7.07. The molecular formula is C19H17N5OS. The molecule has 0 spiro atoms. The lowest BCUT2D eigenvalue weighted by Gasteiger charge is -2.28. The van der Waals surface area contributed by atoms with Gasteiger partial charge in [-0.3, -0.25) is 4.98 Å². The van der Waals surface area contributed by atoms with Gasteiger partial charge in [-0.25, -0.2) is 9.97 Å². The summed E-state index contributed by atoms with van der Waals surface area (Å²) in [4.78, 5) is 19.8. The Kier molecular flexibility index (Phi) is 3.88. The van der Waals surface area contributed by atoms with Gasteiger partial charge in [0.25, 0.3) is 0 Å². The average Bonchev–Trinajstić information content (AvgIpc) is 3.38. The quantitative estimate of drug-likeness (QED) is 0.603. The Morgan fingerprint density at radius 3 is 2.69 bits per heavy atom. The highest BCUT2D eigenvalue weighted by atomic mass is 32.1. The van der Waals surface area contributed by atoms with Crippen LogP contribution in [0.2, 0.25) is 0 Å². The SMILES string of the molecule is c1nc(-c2cncs2)c2cc(-c3ccc(N4CCOCC4)cc3)[nH]c2n1. The van der Waals surface area contributed by atoms with Crippen LogP contribution in [0.25, 0.3) is 32.9 Å². The highest BCUT2D eigenvalue weighted by Crippen LogP contribution is 2.32. The number of rotatable bonds is 3. The van der Waals surface area contributed by atoms with Gasteiger partial charge in [-0.2, -0.15) is 0 Å². The summed E-state index contributed by atoms with van der Waals surface area (Å²) in [5.41, 5.74) is 7.00. The van der Waals surface area contributed by atoms with Gasteiger partial charge in [0.15, 0.2) is 0 Å². The second-order valence-electron chi connectivity index (χ2n) is 6.18. The van der Waals surface area contributed by atoms with E-state index >= 15 is 0 Å². The number of H-pyrrole nitrogens is 1. The number of nitrogens with zero attached hydrogens (tertiary/aromatic N) is 4. The summed E-state index contributed by atoms with van der Waals surface area (Å²) in [6.07, 6.45) is 3.44. The molecule has 130 valence electrons. The van der Waals surface area contributed by atoms with Crippen molar-refractivity contribution in [2.24, 2.45) is 0 Å². The van der Waals surface area contributed by atoms with Crippen LogP contribution in [-0.4, -0.2) is 46.2 Å². The van der Waals surface area contributed by atoms with Gasteiger partial charge >= 0.3 is 0 Å². The Labute approximate surface area is 154 Å². The van der Waals surface area contributed by atoms with E-state index in [1.807, 2.05) is 11.7 Å². The molecule has 0 radical (unpaired) electrons. The molecule has 1 aromatic carbocycles. The lowest BCUT2D eigenvalue weighted by Crippen LogP contribution is -2.36. The Hall–Kier alpha value is -2.77. The third-order valence-corrected chi connectivity index (χ3v) is 5.43. The van der Waals surface area contributed by atoms with Gasteiger partial charge < -0.3 is 14.6 Å². The normalized spacial score (nSPS) is 14.8. The van der Waals surface area contributed by atoms with E-state index < -0.39 is 0 Å². The predicted octanol–water partition coefficient (Wildman–Crippen LogP) is 3.59. The highest BCUT2D eigenvalue weighted by molar-refractivity contribution is 7.13. The summed E-state index contributed by atoms with van der Waals surface area (Å²) in [6, 6.07) is 10.8. The molecule has 0 atom stereocenters. The maximum absolute atomic E-state index is 5.43. The number of thiazole rings is 1. The number of nitrogens with one attached hydrogen (secondary N) is 1. The molecular weight excluding hydrogens is 346 g/mol. The van der Waals surface area contributed by atoms with Crippen molar-refractivity contribution in [1.82, 2.24) is 19.9 Å². The Bertz CT molecular complexity index is 1020. The molecule has 1 N–H and O–H groups in total. The van der Waals surface area contributed by atoms with Crippen LogP contribution in [0.5, 0.6) is 0 Å². The maximum atomic E-state index is 5.43. The smallest absolute Gasteiger partial charge is 0.141 e. The van der Waals surface area contributed by atoms with Crippen LogP contribution in [0.3, 0.4) is 0 Å². The van der Waals surface area contributed by atoms with E-state index in [9.17, 15) is 0 Å². The molecule has 3 aromatic heterocycles. The van der Waals surface area contributed by atoms with E-state index in [0.29, 0.717) is 0 Å². The van der Waals surface area contributed by atoms with E-state index in [1.165, 1.54) is 5.69 Å². The van der Waals surface area contributed by atoms with Crippen LogP contribution in [0.15, 0.2) is 48.4 Å². The summed E-state index contributed by atoms with van der Waals surface area (Å²) in [5, 5.41) is 1.02. The molecule has 5 rings (SSSR count). The first-order chi connectivity index (χ1) is 12.9. The van der Waals surface area contributed by atoms with Crippen molar-refractivity contribution in [3.05, 3.63) is 48.4 Å². The highest BCUT2D eigenvalue weighted by Gasteiger charge is 2.14. The number of hydrogen-bond acceptors (Lipinski definition) is 6. The van der Waals surface area contributed by atoms with Crippen molar-refractivity contribution in [2.45, 2.75) is 0 Å². The van der Waals surface area contributed by atoms with Crippen LogP contribution >= 0.6 is 11.3 Å². The minimum absolute atomic E-state index is 0.794. The first-order valence-electron chi connectivity index (χ1n) is 8.54. The molecule has 0 aliphatic carbocycles. The molecule has 1 aliphatic rings. The predicted molar refractivity (Wildman–Crippen MR) is 103 cm³/mol. The number of ether oxygens (including phenoxy) is 1. The van der Waals surface area contributed by atoms with Crippen molar-refractivity contribution in [2.75, 3.05) is 31.2 Å². The number of benzene rings is 1. The van der Waals surface area contributed by atoms with Crippen LogP contribution < -0.4 is 4.90 Å². The molecule has 1 fully saturated rings. The fourth-order valence-electron chi connectivity index (χ4n) is 3.30. The van der Waals surface area contributed by atoms with Gasteiger partial charge in [0, 0.05) is 36.1 Å². The summed E-state index contributed by atoms with van der Waals surface area (Å²) < 4.78 is 5.43. The van der Waals surface area contributed by atoms with Crippen LogP contribution in [-0.2, 0) is 4.74 Å². The second kappa shape index (κ2) is 6.51. The van der Waals surface area contributed by atoms with Crippen LogP contribution in [0, 0.1) is 0 Å². The number of anilines is 1. The van der Waals surface area contributed by atoms with E-state index in [0.717, 1.165) is 59.2 Å². The Morgan fingerprint density at radius 2 is 1.92 bits per heavy atom. The summed E-state index contributed by atoms with van der Waals surface area (Å²) in [5.74, 6) is 0. The monoisotopic (exact) mass is 363 g/mol. The first kappa shape index (κ1) is 15.5. The number of aromatic amines is 1. The van der Waals surface area contributed by atoms with E-state index in [-0.39, 0.29) is 0 Å². The lowest BCUT2D eigenvalue weighted by molar-refractivity contribution is 0.122. The Balaban J connectivity index is 1.50. The van der Waals surface area contributed by atoms with Gasteiger partial charge in [0.1, 0.15) is 12.0 Å². The van der Waals surface area contributed by atoms with Crippen molar-refractivity contribution in [3.63, 3.8) is 0 Å². The minimum atomic E-state index is 0.794. The molecule has 1 saturated heterocycles. The molecule has 4 heterocycles. The summed E-state index contributed by atoms with van der Waals surface area (Å²) >= 11 is 1.58. The lowest BCUT2D eigenvalue weighted by atomic mass is 10.1. The van der Waals surface area contributed by atoms with Gasteiger partial charge in [0.2, 0.25) is 0 Å². The fourth-order valence-corrected chi connectivity index (χ4v) is 3.93. The number of hydrogen-bond donors (Lipinski definition) is 1. The molecule has 0 saturated carbocycles. The molecule has 26 heavy (non-hydrogen) atoms. The van der Waals surface area contributed by atoms with Gasteiger partial charge in [-0.05, 0) is 23.8 Å². The largest absolute Gasteiger partial charge is 0.378 e. The van der Waals surface area contributed by atoms with Gasteiger partial charge in [-0.1, -0.05) is 12.1 Å². The topological polar surface area (TPSA) is 66.9 Å².